The molecule has 0 saturated heterocycles. The molecule has 12 nitrogen and oxygen atoms in total. The van der Waals surface area contributed by atoms with Crippen LogP contribution in [-0.2, 0) is 32.3 Å². The van der Waals surface area contributed by atoms with Gasteiger partial charge in [-0.3, -0.25) is 9.59 Å². The Kier molecular flexibility index (Phi) is 20.6. The molecular formula is C24H48N2O10Si. The molecule has 2 atom stereocenters. The standard InChI is InChI=1S/C16H31NO7Si.C8H17NO3/c1-16(2,13-17)8-7-15(19)24-12-14(18)11-23-9-6-10-25(20-3,21-4)22-5;1-3-8(2,6-11)7(12)9-4-5-10/h14,18H,6-12H2,1-5H3;10-11H,3-6H2,1-2H3,(H,9,12). The molecule has 1 amide bonds. The first-order valence-electron chi connectivity index (χ1n) is 12.3. The molecule has 2 unspecified atom stereocenters. The molecule has 0 aliphatic carbocycles. The molecule has 37 heavy (non-hydrogen) atoms. The number of rotatable bonds is 19. The molecule has 0 saturated carbocycles. The van der Waals surface area contributed by atoms with Gasteiger partial charge in [-0.2, -0.15) is 5.26 Å². The van der Waals surface area contributed by atoms with E-state index >= 15 is 0 Å². The van der Waals surface area contributed by atoms with Crippen LogP contribution in [0.5, 0.6) is 0 Å². The normalized spacial score (nSPS) is 14.0. The van der Waals surface area contributed by atoms with Crippen molar-refractivity contribution < 1.29 is 47.7 Å². The number of nitrogens with one attached hydrogen (secondary N) is 1. The summed E-state index contributed by atoms with van der Waals surface area (Å²) in [5.74, 6) is -0.639. The van der Waals surface area contributed by atoms with Crippen LogP contribution in [0, 0.1) is 22.2 Å². The van der Waals surface area contributed by atoms with Gasteiger partial charge in [0.1, 0.15) is 12.7 Å². The van der Waals surface area contributed by atoms with E-state index in [0.717, 1.165) is 0 Å². The van der Waals surface area contributed by atoms with E-state index in [9.17, 15) is 14.7 Å². The summed E-state index contributed by atoms with van der Waals surface area (Å²) in [6, 6.07) is 2.73. The lowest BCUT2D eigenvalue weighted by Gasteiger charge is -2.24. The first-order valence-corrected chi connectivity index (χ1v) is 14.3. The van der Waals surface area contributed by atoms with E-state index in [1.54, 1.807) is 42.1 Å². The third kappa shape index (κ3) is 16.7. The lowest BCUT2D eigenvalue weighted by atomic mass is 9.87. The number of aliphatic hydroxyl groups is 3. The highest BCUT2D eigenvalue weighted by molar-refractivity contribution is 6.60. The van der Waals surface area contributed by atoms with Gasteiger partial charge in [0.05, 0.1) is 36.7 Å². The topological polar surface area (TPSA) is 177 Å². The molecular weight excluding hydrogens is 504 g/mol. The molecule has 0 fully saturated rings. The number of ether oxygens (including phenoxy) is 2. The highest BCUT2D eigenvalue weighted by Gasteiger charge is 2.36. The zero-order chi connectivity index (χ0) is 29.0. The fourth-order valence-corrected chi connectivity index (χ4v) is 4.36. The predicted octanol–water partition coefficient (Wildman–Crippen LogP) is 1.01. The van der Waals surface area contributed by atoms with Gasteiger partial charge < -0.3 is 43.4 Å². The molecule has 0 rings (SSSR count). The van der Waals surface area contributed by atoms with E-state index in [-0.39, 0.29) is 45.3 Å². The summed E-state index contributed by atoms with van der Waals surface area (Å²) in [4.78, 5) is 22.9. The van der Waals surface area contributed by atoms with E-state index in [0.29, 0.717) is 31.9 Å². The summed E-state index contributed by atoms with van der Waals surface area (Å²) in [5.41, 5.74) is -1.28. The second kappa shape index (κ2) is 20.3. The van der Waals surface area contributed by atoms with Crippen LogP contribution in [-0.4, -0.2) is 103 Å². The van der Waals surface area contributed by atoms with Crippen molar-refractivity contribution in [3.63, 3.8) is 0 Å². The number of aliphatic hydroxyl groups excluding tert-OH is 3. The van der Waals surface area contributed by atoms with Crippen molar-refractivity contribution in [3.8, 4) is 6.07 Å². The second-order valence-corrected chi connectivity index (χ2v) is 12.4. The first-order chi connectivity index (χ1) is 17.3. The zero-order valence-corrected chi connectivity index (χ0v) is 24.5. The highest BCUT2D eigenvalue weighted by atomic mass is 28.4. The molecule has 0 aliphatic heterocycles. The third-order valence-corrected chi connectivity index (χ3v) is 8.62. The van der Waals surface area contributed by atoms with E-state index < -0.39 is 31.7 Å². The van der Waals surface area contributed by atoms with Crippen LogP contribution in [0.3, 0.4) is 0 Å². The minimum absolute atomic E-state index is 0.0679. The summed E-state index contributed by atoms with van der Waals surface area (Å²) in [7, 11) is 2.07. The van der Waals surface area contributed by atoms with Gasteiger partial charge in [-0.1, -0.05) is 6.92 Å². The smallest absolute Gasteiger partial charge is 0.463 e. The van der Waals surface area contributed by atoms with Crippen LogP contribution < -0.4 is 5.32 Å². The average molecular weight is 553 g/mol. The van der Waals surface area contributed by atoms with Crippen LogP contribution >= 0.6 is 0 Å². The molecule has 218 valence electrons. The van der Waals surface area contributed by atoms with Crippen molar-refractivity contribution in [3.05, 3.63) is 0 Å². The molecule has 4 N–H and O–H groups in total. The van der Waals surface area contributed by atoms with Gasteiger partial charge in [0, 0.05) is 46.9 Å². The van der Waals surface area contributed by atoms with Crippen molar-refractivity contribution >= 4 is 20.7 Å². The molecule has 0 bridgehead atoms. The highest BCUT2D eigenvalue weighted by Crippen LogP contribution is 2.21. The Morgan fingerprint density at radius 1 is 1.08 bits per heavy atom. The maximum absolute atomic E-state index is 11.6. The summed E-state index contributed by atoms with van der Waals surface area (Å²) >= 11 is 0. The third-order valence-electron chi connectivity index (χ3n) is 5.78. The molecule has 13 heteroatoms. The summed E-state index contributed by atoms with van der Waals surface area (Å²) in [6.45, 7) is 7.42. The van der Waals surface area contributed by atoms with Gasteiger partial charge in [-0.15, -0.1) is 0 Å². The summed E-state index contributed by atoms with van der Waals surface area (Å²) in [6.07, 6.45) is 0.922. The second-order valence-electron chi connectivity index (χ2n) is 9.36. The Morgan fingerprint density at radius 3 is 2.14 bits per heavy atom. The zero-order valence-electron chi connectivity index (χ0n) is 23.5. The van der Waals surface area contributed by atoms with Crippen LogP contribution in [0.15, 0.2) is 0 Å². The number of carbonyl (C=O) groups excluding carboxylic acids is 2. The van der Waals surface area contributed by atoms with Gasteiger partial charge in [0.25, 0.3) is 0 Å². The van der Waals surface area contributed by atoms with E-state index in [2.05, 4.69) is 11.4 Å². The summed E-state index contributed by atoms with van der Waals surface area (Å²) in [5, 5.41) is 38.5. The number of amides is 1. The maximum atomic E-state index is 11.6. The summed E-state index contributed by atoms with van der Waals surface area (Å²) < 4.78 is 26.2. The van der Waals surface area contributed by atoms with Crippen LogP contribution in [0.1, 0.15) is 53.4 Å². The van der Waals surface area contributed by atoms with Crippen molar-refractivity contribution in [2.24, 2.45) is 10.8 Å². The molecule has 0 spiro atoms. The van der Waals surface area contributed by atoms with E-state index in [1.165, 1.54) is 0 Å². The molecule has 0 heterocycles. The van der Waals surface area contributed by atoms with Gasteiger partial charge >= 0.3 is 14.8 Å². The van der Waals surface area contributed by atoms with Crippen molar-refractivity contribution in [2.75, 3.05) is 60.9 Å². The molecule has 0 aliphatic rings. The number of hydrogen-bond acceptors (Lipinski definition) is 11. The Hall–Kier alpha value is -1.63. The fourth-order valence-electron chi connectivity index (χ4n) is 2.67. The maximum Gasteiger partial charge on any atom is 0.500 e. The van der Waals surface area contributed by atoms with Crippen LogP contribution in [0.25, 0.3) is 0 Å². The molecule has 0 aromatic carbocycles. The van der Waals surface area contributed by atoms with E-state index in [1.807, 2.05) is 6.92 Å². The number of carbonyl (C=O) groups is 2. The lowest BCUT2D eigenvalue weighted by molar-refractivity contribution is -0.148. The van der Waals surface area contributed by atoms with Crippen molar-refractivity contribution in [1.82, 2.24) is 5.32 Å². The number of nitriles is 1. The minimum Gasteiger partial charge on any atom is -0.463 e. The number of esters is 1. The van der Waals surface area contributed by atoms with Crippen molar-refractivity contribution in [2.45, 2.75) is 65.5 Å². The predicted molar refractivity (Wildman–Crippen MR) is 138 cm³/mol. The molecule has 0 aromatic heterocycles. The van der Waals surface area contributed by atoms with Gasteiger partial charge in [0.2, 0.25) is 5.91 Å². The SMILES string of the molecule is CCC(C)(CO)C(=O)NCCO.CO[Si](CCCOCC(O)COC(=O)CCC(C)(C)C#N)(OC)OC. The largest absolute Gasteiger partial charge is 0.500 e. The minimum atomic E-state index is -2.59. The fraction of sp³-hybridized carbons (Fsp3) is 0.875. The quantitative estimate of drug-likeness (QED) is 0.102. The monoisotopic (exact) mass is 552 g/mol. The molecule has 0 radical (unpaired) electrons. The Morgan fingerprint density at radius 2 is 1.68 bits per heavy atom. The van der Waals surface area contributed by atoms with Crippen LogP contribution in [0.4, 0.5) is 0 Å². The van der Waals surface area contributed by atoms with E-state index in [4.69, 9.17) is 38.2 Å². The van der Waals surface area contributed by atoms with Gasteiger partial charge in [0.15, 0.2) is 0 Å². The number of hydrogen-bond donors (Lipinski definition) is 4. The van der Waals surface area contributed by atoms with Crippen LogP contribution in [0.2, 0.25) is 6.04 Å². The van der Waals surface area contributed by atoms with Gasteiger partial charge in [-0.05, 0) is 40.0 Å². The Bertz CT molecular complexity index is 656. The van der Waals surface area contributed by atoms with Gasteiger partial charge in [-0.25, -0.2) is 0 Å². The molecule has 0 aromatic rings. The number of nitrogens with zero attached hydrogens (tertiary/aromatic N) is 1. The average Bonchev–Trinajstić information content (AvgIpc) is 2.91. The lowest BCUT2D eigenvalue weighted by Crippen LogP contribution is -2.42. The first kappa shape index (κ1) is 37.5. The Balaban J connectivity index is 0. The Labute approximate surface area is 222 Å². The van der Waals surface area contributed by atoms with Crippen molar-refractivity contribution in [1.29, 1.82) is 5.26 Å².